The molecule has 6 heteroatoms. The fourth-order valence-electron chi connectivity index (χ4n) is 2.83. The summed E-state index contributed by atoms with van der Waals surface area (Å²) in [6.07, 6.45) is 2.52. The molecule has 0 fully saturated rings. The normalized spacial score (nSPS) is 18.0. The summed E-state index contributed by atoms with van der Waals surface area (Å²) in [6, 6.07) is 11.8. The molecule has 0 saturated heterocycles. The molecular formula is C18H21N3O2S. The number of aromatic nitrogens is 1. The molecule has 3 rings (SSSR count). The molecule has 1 atom stereocenters. The maximum absolute atomic E-state index is 6.05. The van der Waals surface area contributed by atoms with Gasteiger partial charge >= 0.3 is 0 Å². The number of benzene rings is 1. The second kappa shape index (κ2) is 6.65. The molecule has 1 aromatic carbocycles. The average molecular weight is 343 g/mol. The van der Waals surface area contributed by atoms with E-state index in [1.807, 2.05) is 24.3 Å². The number of rotatable bonds is 3. The number of nitrogens with zero attached hydrogens (tertiary/aromatic N) is 1. The van der Waals surface area contributed by atoms with Crippen LogP contribution in [0, 0.1) is 0 Å². The van der Waals surface area contributed by atoms with Gasteiger partial charge in [-0.1, -0.05) is 18.2 Å². The highest BCUT2D eigenvalue weighted by Crippen LogP contribution is 2.39. The Morgan fingerprint density at radius 2 is 2.08 bits per heavy atom. The van der Waals surface area contributed by atoms with Crippen LogP contribution in [0.15, 0.2) is 42.6 Å². The van der Waals surface area contributed by atoms with Crippen LogP contribution in [-0.4, -0.2) is 22.8 Å². The maximum atomic E-state index is 6.05. The lowest BCUT2D eigenvalue weighted by molar-refractivity contribution is 0.0697. The maximum Gasteiger partial charge on any atom is 0.213 e. The molecular weight excluding hydrogens is 322 g/mol. The third kappa shape index (κ3) is 3.76. The zero-order valence-electron chi connectivity index (χ0n) is 14.0. The molecule has 0 saturated carbocycles. The standard InChI is InChI=1S/C18H21N3O2S/c1-18(2)10-14(13-6-4-5-7-15(13)23-18)21-17(24)20-12-8-9-16(22-3)19-11-12/h4-9,11,14H,10H2,1-3H3,(H2,20,21,24)/t14-/m1/s1. The van der Waals surface area contributed by atoms with Crippen LogP contribution in [0.4, 0.5) is 5.69 Å². The van der Waals surface area contributed by atoms with E-state index in [9.17, 15) is 0 Å². The molecule has 2 heterocycles. The number of pyridine rings is 1. The molecule has 5 nitrogen and oxygen atoms in total. The SMILES string of the molecule is COc1ccc(NC(=S)N[C@@H]2CC(C)(C)Oc3ccccc32)cn1. The van der Waals surface area contributed by atoms with Crippen LogP contribution in [0.3, 0.4) is 0 Å². The number of fused-ring (bicyclic) bond motifs is 1. The summed E-state index contributed by atoms with van der Waals surface area (Å²) < 4.78 is 11.1. The molecule has 0 aliphatic carbocycles. The van der Waals surface area contributed by atoms with Crippen molar-refractivity contribution in [2.75, 3.05) is 12.4 Å². The molecule has 0 bridgehead atoms. The first-order valence-corrected chi connectivity index (χ1v) is 8.23. The van der Waals surface area contributed by atoms with Gasteiger partial charge in [0.15, 0.2) is 5.11 Å². The summed E-state index contributed by atoms with van der Waals surface area (Å²) in [5.41, 5.74) is 1.69. The molecule has 2 aromatic rings. The zero-order chi connectivity index (χ0) is 17.2. The van der Waals surface area contributed by atoms with Gasteiger partial charge < -0.3 is 20.1 Å². The number of anilines is 1. The van der Waals surface area contributed by atoms with Crippen molar-refractivity contribution >= 4 is 23.0 Å². The van der Waals surface area contributed by atoms with Gasteiger partial charge in [0.05, 0.1) is 25.0 Å². The van der Waals surface area contributed by atoms with E-state index in [4.69, 9.17) is 21.7 Å². The van der Waals surface area contributed by atoms with E-state index in [1.165, 1.54) is 0 Å². The molecule has 1 aliphatic heterocycles. The minimum Gasteiger partial charge on any atom is -0.487 e. The molecule has 24 heavy (non-hydrogen) atoms. The number of methoxy groups -OCH3 is 1. The third-order valence-corrected chi connectivity index (χ3v) is 4.10. The van der Waals surface area contributed by atoms with Crippen LogP contribution in [0.1, 0.15) is 31.9 Å². The highest BCUT2D eigenvalue weighted by atomic mass is 32.1. The van der Waals surface area contributed by atoms with Crippen molar-refractivity contribution in [3.05, 3.63) is 48.2 Å². The van der Waals surface area contributed by atoms with Crippen LogP contribution in [0.5, 0.6) is 11.6 Å². The Kier molecular flexibility index (Phi) is 4.57. The van der Waals surface area contributed by atoms with Crippen molar-refractivity contribution in [1.82, 2.24) is 10.3 Å². The van der Waals surface area contributed by atoms with Gasteiger partial charge in [0.25, 0.3) is 0 Å². The highest BCUT2D eigenvalue weighted by molar-refractivity contribution is 7.80. The van der Waals surface area contributed by atoms with E-state index in [1.54, 1.807) is 19.4 Å². The smallest absolute Gasteiger partial charge is 0.213 e. The Bertz CT molecular complexity index is 731. The first-order valence-electron chi connectivity index (χ1n) is 7.82. The van der Waals surface area contributed by atoms with Gasteiger partial charge in [0.1, 0.15) is 11.4 Å². The summed E-state index contributed by atoms with van der Waals surface area (Å²) in [4.78, 5) is 4.16. The fraction of sp³-hybridized carbons (Fsp3) is 0.333. The molecule has 0 unspecified atom stereocenters. The predicted octanol–water partition coefficient (Wildman–Crippen LogP) is 3.68. The van der Waals surface area contributed by atoms with Crippen molar-refractivity contribution in [2.45, 2.75) is 31.9 Å². The molecule has 1 aliphatic rings. The first-order chi connectivity index (χ1) is 11.5. The van der Waals surface area contributed by atoms with Gasteiger partial charge in [-0.3, -0.25) is 0 Å². The zero-order valence-corrected chi connectivity index (χ0v) is 14.8. The summed E-state index contributed by atoms with van der Waals surface area (Å²) in [6.45, 7) is 4.17. The van der Waals surface area contributed by atoms with Gasteiger partial charge in [-0.2, -0.15) is 0 Å². The Hall–Kier alpha value is -2.34. The van der Waals surface area contributed by atoms with Gasteiger partial charge in [0, 0.05) is 18.1 Å². The van der Waals surface area contributed by atoms with Crippen molar-refractivity contribution in [3.8, 4) is 11.6 Å². The van der Waals surface area contributed by atoms with Crippen molar-refractivity contribution in [1.29, 1.82) is 0 Å². The minimum absolute atomic E-state index is 0.0937. The average Bonchev–Trinajstić information content (AvgIpc) is 2.54. The second-order valence-electron chi connectivity index (χ2n) is 6.34. The molecule has 2 N–H and O–H groups in total. The van der Waals surface area contributed by atoms with Crippen LogP contribution in [0.25, 0.3) is 0 Å². The third-order valence-electron chi connectivity index (χ3n) is 3.89. The quantitative estimate of drug-likeness (QED) is 0.829. The van der Waals surface area contributed by atoms with E-state index in [2.05, 4.69) is 35.5 Å². The van der Waals surface area contributed by atoms with E-state index < -0.39 is 0 Å². The second-order valence-corrected chi connectivity index (χ2v) is 6.75. The summed E-state index contributed by atoms with van der Waals surface area (Å²) >= 11 is 5.46. The summed E-state index contributed by atoms with van der Waals surface area (Å²) in [5, 5.41) is 7.10. The van der Waals surface area contributed by atoms with Crippen molar-refractivity contribution < 1.29 is 9.47 Å². The molecule has 0 spiro atoms. The topological polar surface area (TPSA) is 55.4 Å². The number of ether oxygens (including phenoxy) is 2. The number of hydrogen-bond donors (Lipinski definition) is 2. The minimum atomic E-state index is -0.247. The lowest BCUT2D eigenvalue weighted by Gasteiger charge is -2.38. The molecule has 0 amide bonds. The van der Waals surface area contributed by atoms with Crippen LogP contribution < -0.4 is 20.1 Å². The van der Waals surface area contributed by atoms with E-state index in [-0.39, 0.29) is 11.6 Å². The van der Waals surface area contributed by atoms with Crippen molar-refractivity contribution in [3.63, 3.8) is 0 Å². The van der Waals surface area contributed by atoms with Gasteiger partial charge in [-0.15, -0.1) is 0 Å². The van der Waals surface area contributed by atoms with Gasteiger partial charge in [-0.25, -0.2) is 4.98 Å². The van der Waals surface area contributed by atoms with Crippen LogP contribution >= 0.6 is 12.2 Å². The molecule has 0 radical (unpaired) electrons. The van der Waals surface area contributed by atoms with Gasteiger partial charge in [0.2, 0.25) is 5.88 Å². The Morgan fingerprint density at radius 3 is 2.79 bits per heavy atom. The highest BCUT2D eigenvalue weighted by Gasteiger charge is 2.33. The van der Waals surface area contributed by atoms with E-state index in [0.717, 1.165) is 23.4 Å². The summed E-state index contributed by atoms with van der Waals surface area (Å²) in [5.74, 6) is 1.47. The molecule has 1 aromatic heterocycles. The number of thiocarbonyl (C=S) groups is 1. The van der Waals surface area contributed by atoms with Crippen LogP contribution in [-0.2, 0) is 0 Å². The van der Waals surface area contributed by atoms with E-state index in [0.29, 0.717) is 11.0 Å². The Labute approximate surface area is 147 Å². The fourth-order valence-corrected chi connectivity index (χ4v) is 3.09. The number of nitrogens with one attached hydrogen (secondary N) is 2. The number of hydrogen-bond acceptors (Lipinski definition) is 4. The largest absolute Gasteiger partial charge is 0.487 e. The summed E-state index contributed by atoms with van der Waals surface area (Å²) in [7, 11) is 1.59. The van der Waals surface area contributed by atoms with Gasteiger partial charge in [-0.05, 0) is 38.2 Å². The lowest BCUT2D eigenvalue weighted by Crippen LogP contribution is -2.42. The monoisotopic (exact) mass is 343 g/mol. The first kappa shape index (κ1) is 16.5. The lowest BCUT2D eigenvalue weighted by atomic mass is 9.90. The van der Waals surface area contributed by atoms with E-state index >= 15 is 0 Å². The Morgan fingerprint density at radius 1 is 1.29 bits per heavy atom. The Balaban J connectivity index is 1.71. The predicted molar refractivity (Wildman–Crippen MR) is 98.7 cm³/mol. The number of para-hydroxylation sites is 1. The van der Waals surface area contributed by atoms with Crippen LogP contribution in [0.2, 0.25) is 0 Å². The van der Waals surface area contributed by atoms with Crippen molar-refractivity contribution in [2.24, 2.45) is 0 Å². The molecule has 126 valence electrons.